The highest BCUT2D eigenvalue weighted by Gasteiger charge is 2.53. The normalized spacial score (nSPS) is 11.0. The van der Waals surface area contributed by atoms with Crippen LogP contribution in [0.25, 0.3) is 0 Å². The Morgan fingerprint density at radius 1 is 0.950 bits per heavy atom. The van der Waals surface area contributed by atoms with Gasteiger partial charge in [-0.2, -0.15) is 0 Å². The lowest BCUT2D eigenvalue weighted by atomic mass is 9.95. The average Bonchev–Trinajstić information content (AvgIpc) is 2.24. The van der Waals surface area contributed by atoms with E-state index in [1.807, 2.05) is 0 Å². The van der Waals surface area contributed by atoms with Crippen LogP contribution < -0.4 is 17.1 Å². The second-order valence-electron chi connectivity index (χ2n) is 3.57. The molecular weight excluding hydrogens is 282 g/mol. The van der Waals surface area contributed by atoms with E-state index in [2.05, 4.69) is 0 Å². The molecule has 0 radical (unpaired) electrons. The summed E-state index contributed by atoms with van der Waals surface area (Å²) in [6.07, 6.45) is -1.59. The van der Waals surface area contributed by atoms with Gasteiger partial charge in [-0.1, -0.05) is 0 Å². The van der Waals surface area contributed by atoms with E-state index in [1.165, 1.54) is 9.97 Å². The fourth-order valence-electron chi connectivity index (χ4n) is 1.51. The molecule has 0 aliphatic carbocycles. The summed E-state index contributed by atoms with van der Waals surface area (Å²) in [6.45, 7) is 0. The monoisotopic (exact) mass is 289 g/mol. The van der Waals surface area contributed by atoms with Crippen LogP contribution >= 0.6 is 0 Å². The first-order chi connectivity index (χ1) is 9.12. The van der Waals surface area contributed by atoms with Crippen molar-refractivity contribution in [3.63, 3.8) is 0 Å². The average molecular weight is 289 g/mol. The first kappa shape index (κ1) is 14.9. The molecule has 1 aromatic rings. The fraction of sp³-hybridized carbons (Fsp3) is 0.250. The van der Waals surface area contributed by atoms with Gasteiger partial charge in [-0.15, -0.1) is 0 Å². The second-order valence-corrected chi connectivity index (χ2v) is 3.57. The predicted molar refractivity (Wildman–Crippen MR) is 57.4 cm³/mol. The third kappa shape index (κ3) is 2.21. The molecule has 0 spiro atoms. The number of carboxylic acids is 3. The minimum Gasteiger partial charge on any atom is -0.481 e. The quantitative estimate of drug-likeness (QED) is 0.342. The number of carboxylic acid groups (broad SMARTS) is 3. The number of H-pyrrole nitrogens is 2. The fourth-order valence-corrected chi connectivity index (χ4v) is 1.51. The SMILES string of the molecule is O=C(O)CC(C(=O)O)(C(=O)O)n1c(=O)[nH]c(=O)[nH]c1=O. The molecule has 0 amide bonds. The first-order valence-electron chi connectivity index (χ1n) is 4.77. The van der Waals surface area contributed by atoms with Crippen LogP contribution in [0.3, 0.4) is 0 Å². The van der Waals surface area contributed by atoms with Crippen molar-refractivity contribution >= 4 is 17.9 Å². The maximum Gasteiger partial charge on any atom is 0.342 e. The van der Waals surface area contributed by atoms with E-state index < -0.39 is 46.9 Å². The molecule has 0 saturated carbocycles. The topological polar surface area (TPSA) is 200 Å². The van der Waals surface area contributed by atoms with Crippen LogP contribution in [0.4, 0.5) is 0 Å². The minimum absolute atomic E-state index is 0.382. The van der Waals surface area contributed by atoms with Gasteiger partial charge >= 0.3 is 35.0 Å². The predicted octanol–water partition coefficient (Wildman–Crippen LogP) is -3.44. The van der Waals surface area contributed by atoms with Crippen molar-refractivity contribution in [3.8, 4) is 0 Å². The lowest BCUT2D eigenvalue weighted by molar-refractivity contribution is -0.168. The number of aliphatic carboxylic acids is 3. The molecule has 0 aliphatic rings. The Morgan fingerprint density at radius 2 is 1.35 bits per heavy atom. The summed E-state index contributed by atoms with van der Waals surface area (Å²) >= 11 is 0. The standard InChI is InChI=1S/C8H7N3O9/c12-2(13)1-8(3(14)15,4(16)17)11-6(19)9-5(18)10-7(11)20/h1H2,(H,12,13)(H,14,15)(H,16,17)(H2,9,10,18,19,20). The number of hydrogen-bond donors (Lipinski definition) is 5. The summed E-state index contributed by atoms with van der Waals surface area (Å²) in [5.74, 6) is -6.40. The summed E-state index contributed by atoms with van der Waals surface area (Å²) < 4.78 is -0.382. The Morgan fingerprint density at radius 3 is 1.65 bits per heavy atom. The van der Waals surface area contributed by atoms with E-state index in [0.29, 0.717) is 0 Å². The van der Waals surface area contributed by atoms with Gasteiger partial charge < -0.3 is 15.3 Å². The Bertz CT molecular complexity index is 703. The first-order valence-corrected chi connectivity index (χ1v) is 4.77. The van der Waals surface area contributed by atoms with Crippen LogP contribution in [0.1, 0.15) is 6.42 Å². The van der Waals surface area contributed by atoms with E-state index >= 15 is 0 Å². The van der Waals surface area contributed by atoms with Crippen molar-refractivity contribution in [1.29, 1.82) is 0 Å². The Kier molecular flexibility index (Phi) is 3.59. The number of nitrogens with one attached hydrogen (secondary N) is 2. The minimum atomic E-state index is -3.39. The van der Waals surface area contributed by atoms with Gasteiger partial charge in [0.1, 0.15) is 0 Å². The van der Waals surface area contributed by atoms with E-state index in [4.69, 9.17) is 15.3 Å². The smallest absolute Gasteiger partial charge is 0.342 e. The van der Waals surface area contributed by atoms with Crippen molar-refractivity contribution < 1.29 is 29.7 Å². The number of aromatic amines is 2. The molecule has 20 heavy (non-hydrogen) atoms. The molecule has 1 heterocycles. The van der Waals surface area contributed by atoms with E-state index in [1.54, 1.807) is 0 Å². The largest absolute Gasteiger partial charge is 0.481 e. The van der Waals surface area contributed by atoms with Gasteiger partial charge in [-0.05, 0) is 0 Å². The molecule has 1 aromatic heterocycles. The van der Waals surface area contributed by atoms with Crippen molar-refractivity contribution in [2.75, 3.05) is 0 Å². The van der Waals surface area contributed by atoms with E-state index in [-0.39, 0.29) is 4.57 Å². The van der Waals surface area contributed by atoms with Crippen molar-refractivity contribution in [1.82, 2.24) is 14.5 Å². The summed E-state index contributed by atoms with van der Waals surface area (Å²) in [5, 5.41) is 26.6. The molecule has 0 atom stereocenters. The Hall–Kier alpha value is -3.18. The van der Waals surface area contributed by atoms with Gasteiger partial charge in [0.2, 0.25) is 0 Å². The molecular formula is C8H7N3O9. The lowest BCUT2D eigenvalue weighted by Gasteiger charge is -2.23. The summed E-state index contributed by atoms with van der Waals surface area (Å²) in [6, 6.07) is 0. The number of nitrogens with zero attached hydrogens (tertiary/aromatic N) is 1. The molecule has 0 saturated heterocycles. The Balaban J connectivity index is 3.88. The van der Waals surface area contributed by atoms with Gasteiger partial charge in [-0.3, -0.25) is 14.8 Å². The zero-order valence-electron chi connectivity index (χ0n) is 9.45. The molecule has 1 rings (SSSR count). The maximum atomic E-state index is 11.5. The molecule has 5 N–H and O–H groups in total. The zero-order valence-corrected chi connectivity index (χ0v) is 9.45. The molecule has 0 aliphatic heterocycles. The molecule has 0 bridgehead atoms. The molecule has 108 valence electrons. The van der Waals surface area contributed by atoms with Crippen LogP contribution in [-0.4, -0.2) is 47.8 Å². The number of aromatic nitrogens is 3. The second kappa shape index (κ2) is 4.83. The zero-order chi connectivity index (χ0) is 15.7. The number of rotatable bonds is 5. The number of carbonyl (C=O) groups is 3. The molecule has 0 unspecified atom stereocenters. The number of hydrogen-bond acceptors (Lipinski definition) is 6. The molecule has 0 fully saturated rings. The van der Waals surface area contributed by atoms with Crippen LogP contribution in [0.15, 0.2) is 14.4 Å². The van der Waals surface area contributed by atoms with Crippen molar-refractivity contribution in [2.24, 2.45) is 0 Å². The van der Waals surface area contributed by atoms with Gasteiger partial charge in [-0.25, -0.2) is 28.5 Å². The summed E-state index contributed by atoms with van der Waals surface area (Å²) in [7, 11) is 0. The van der Waals surface area contributed by atoms with Gasteiger partial charge in [0.15, 0.2) is 0 Å². The van der Waals surface area contributed by atoms with E-state index in [9.17, 15) is 28.8 Å². The summed E-state index contributed by atoms with van der Waals surface area (Å²) in [5.41, 5.74) is -8.01. The third-order valence-corrected chi connectivity index (χ3v) is 2.34. The van der Waals surface area contributed by atoms with Gasteiger partial charge in [0.25, 0.3) is 5.54 Å². The maximum absolute atomic E-state index is 11.5. The summed E-state index contributed by atoms with van der Waals surface area (Å²) in [4.78, 5) is 69.6. The molecule has 12 nitrogen and oxygen atoms in total. The third-order valence-electron chi connectivity index (χ3n) is 2.34. The van der Waals surface area contributed by atoms with Crippen LogP contribution in [0.5, 0.6) is 0 Å². The van der Waals surface area contributed by atoms with Crippen LogP contribution in [0.2, 0.25) is 0 Å². The van der Waals surface area contributed by atoms with Gasteiger partial charge in [0, 0.05) is 0 Å². The van der Waals surface area contributed by atoms with Gasteiger partial charge in [0.05, 0.1) is 6.42 Å². The van der Waals surface area contributed by atoms with Crippen molar-refractivity contribution in [2.45, 2.75) is 12.0 Å². The highest BCUT2D eigenvalue weighted by atomic mass is 16.4. The molecule has 12 heteroatoms. The van der Waals surface area contributed by atoms with Crippen LogP contribution in [-0.2, 0) is 19.9 Å². The highest BCUT2D eigenvalue weighted by Crippen LogP contribution is 2.18. The van der Waals surface area contributed by atoms with Crippen LogP contribution in [0, 0.1) is 0 Å². The lowest BCUT2D eigenvalue weighted by Crippen LogP contribution is -2.61. The highest BCUT2D eigenvalue weighted by molar-refractivity contribution is 6.03. The van der Waals surface area contributed by atoms with E-state index in [0.717, 1.165) is 0 Å². The Labute approximate surface area is 106 Å². The molecule has 0 aromatic carbocycles. The van der Waals surface area contributed by atoms with Crippen molar-refractivity contribution in [3.05, 3.63) is 31.5 Å².